The number of aromatic nitrogens is 2. The van der Waals surface area contributed by atoms with Crippen molar-refractivity contribution < 1.29 is 9.90 Å². The molecule has 24 heavy (non-hydrogen) atoms. The van der Waals surface area contributed by atoms with Crippen LogP contribution in [0.2, 0.25) is 0 Å². The molecule has 1 amide bonds. The van der Waals surface area contributed by atoms with E-state index in [4.69, 9.17) is 0 Å². The monoisotopic (exact) mass is 347 g/mol. The number of benzene rings is 1. The Balaban J connectivity index is 2.10. The van der Waals surface area contributed by atoms with Gasteiger partial charge in [0.15, 0.2) is 5.16 Å². The zero-order chi connectivity index (χ0) is 17.5. The third-order valence-electron chi connectivity index (χ3n) is 3.87. The Morgan fingerprint density at radius 3 is 2.50 bits per heavy atom. The summed E-state index contributed by atoms with van der Waals surface area (Å²) in [4.78, 5) is 18.4. The Morgan fingerprint density at radius 2 is 1.92 bits per heavy atom. The number of hydrogen-bond acceptors (Lipinski definition) is 4. The van der Waals surface area contributed by atoms with Crippen LogP contribution in [0.25, 0.3) is 0 Å². The summed E-state index contributed by atoms with van der Waals surface area (Å²) in [5, 5.41) is 10.1. The zero-order valence-electron chi connectivity index (χ0n) is 14.5. The van der Waals surface area contributed by atoms with Crippen LogP contribution in [-0.4, -0.2) is 44.3 Å². The molecule has 0 atom stereocenters. The lowest BCUT2D eigenvalue weighted by Gasteiger charge is -2.18. The summed E-state index contributed by atoms with van der Waals surface area (Å²) in [6.45, 7) is 8.03. The van der Waals surface area contributed by atoms with E-state index in [9.17, 15) is 9.90 Å². The summed E-state index contributed by atoms with van der Waals surface area (Å²) in [6, 6.07) is 8.33. The highest BCUT2D eigenvalue weighted by Gasteiger charge is 2.14. The molecule has 1 heterocycles. The van der Waals surface area contributed by atoms with Gasteiger partial charge in [-0.3, -0.25) is 4.79 Å². The molecule has 0 unspecified atom stereocenters. The van der Waals surface area contributed by atoms with Crippen LogP contribution >= 0.6 is 11.8 Å². The van der Waals surface area contributed by atoms with Crippen molar-refractivity contribution >= 4 is 17.7 Å². The maximum absolute atomic E-state index is 12.2. The van der Waals surface area contributed by atoms with E-state index < -0.39 is 0 Å². The molecule has 2 rings (SSSR count). The van der Waals surface area contributed by atoms with Crippen molar-refractivity contribution in [2.75, 3.05) is 18.8 Å². The van der Waals surface area contributed by atoms with Crippen molar-refractivity contribution in [2.45, 2.75) is 39.1 Å². The maximum atomic E-state index is 12.2. The minimum atomic E-state index is -0.0988. The summed E-state index contributed by atoms with van der Waals surface area (Å²) in [5.74, 6) is 0.470. The summed E-state index contributed by atoms with van der Waals surface area (Å²) < 4.78 is 2.00. The molecule has 0 bridgehead atoms. The molecule has 130 valence electrons. The van der Waals surface area contributed by atoms with E-state index in [0.717, 1.165) is 18.2 Å². The van der Waals surface area contributed by atoms with E-state index in [1.807, 2.05) is 29.5 Å². The van der Waals surface area contributed by atoms with Crippen LogP contribution < -0.4 is 0 Å². The van der Waals surface area contributed by atoms with Crippen molar-refractivity contribution in [2.24, 2.45) is 0 Å². The zero-order valence-corrected chi connectivity index (χ0v) is 15.3. The van der Waals surface area contributed by atoms with Crippen LogP contribution in [0, 0.1) is 6.92 Å². The number of aliphatic hydroxyl groups excluding tert-OH is 1. The third-order valence-corrected chi connectivity index (χ3v) is 4.84. The fourth-order valence-electron chi connectivity index (χ4n) is 2.44. The van der Waals surface area contributed by atoms with Gasteiger partial charge < -0.3 is 14.6 Å². The summed E-state index contributed by atoms with van der Waals surface area (Å²) in [7, 11) is 0. The van der Waals surface area contributed by atoms with E-state index >= 15 is 0 Å². The van der Waals surface area contributed by atoms with Gasteiger partial charge in [-0.2, -0.15) is 0 Å². The molecule has 0 saturated heterocycles. The van der Waals surface area contributed by atoms with Gasteiger partial charge in [0.05, 0.1) is 18.1 Å². The number of imidazole rings is 1. The molecule has 0 aliphatic heterocycles. The average Bonchev–Trinajstić information content (AvgIpc) is 2.98. The van der Waals surface area contributed by atoms with Gasteiger partial charge >= 0.3 is 0 Å². The molecular weight excluding hydrogens is 322 g/mol. The summed E-state index contributed by atoms with van der Waals surface area (Å²) in [5.41, 5.74) is 3.01. The fraction of sp³-hybridized carbons (Fsp3) is 0.444. The number of thioether (sulfide) groups is 1. The number of carbonyl (C=O) groups is 1. The van der Waals surface area contributed by atoms with Crippen molar-refractivity contribution in [1.29, 1.82) is 0 Å². The first kappa shape index (κ1) is 18.5. The molecule has 6 heteroatoms. The average molecular weight is 347 g/mol. The van der Waals surface area contributed by atoms with E-state index in [-0.39, 0.29) is 12.5 Å². The van der Waals surface area contributed by atoms with Gasteiger partial charge in [-0.05, 0) is 26.3 Å². The van der Waals surface area contributed by atoms with Gasteiger partial charge in [-0.25, -0.2) is 4.98 Å². The van der Waals surface area contributed by atoms with Gasteiger partial charge in [0.25, 0.3) is 0 Å². The number of rotatable bonds is 8. The number of aliphatic hydroxyl groups is 1. The van der Waals surface area contributed by atoms with E-state index in [0.29, 0.717) is 18.0 Å². The van der Waals surface area contributed by atoms with E-state index in [1.165, 1.54) is 22.9 Å². The second-order valence-electron chi connectivity index (χ2n) is 5.64. The Labute approximate surface area is 147 Å². The molecule has 5 nitrogen and oxygen atoms in total. The minimum Gasteiger partial charge on any atom is -0.390 e. The lowest BCUT2D eigenvalue weighted by Crippen LogP contribution is -2.31. The van der Waals surface area contributed by atoms with Gasteiger partial charge in [-0.1, -0.05) is 41.6 Å². The second-order valence-corrected chi connectivity index (χ2v) is 6.58. The number of hydrogen-bond donors (Lipinski definition) is 1. The van der Waals surface area contributed by atoms with Crippen molar-refractivity contribution in [1.82, 2.24) is 14.5 Å². The third kappa shape index (κ3) is 4.85. The fourth-order valence-corrected chi connectivity index (χ4v) is 3.34. The van der Waals surface area contributed by atoms with Gasteiger partial charge in [0.1, 0.15) is 0 Å². The lowest BCUT2D eigenvalue weighted by molar-refractivity contribution is -0.127. The highest BCUT2D eigenvalue weighted by molar-refractivity contribution is 7.99. The quantitative estimate of drug-likeness (QED) is 0.746. The molecule has 0 saturated carbocycles. The predicted molar refractivity (Wildman–Crippen MR) is 97.1 cm³/mol. The molecule has 0 aliphatic carbocycles. The number of nitrogens with zero attached hydrogens (tertiary/aromatic N) is 3. The number of amides is 1. The highest BCUT2D eigenvalue weighted by atomic mass is 32.2. The molecule has 1 aromatic heterocycles. The van der Waals surface area contributed by atoms with E-state index in [1.54, 1.807) is 0 Å². The molecule has 1 aromatic carbocycles. The number of carbonyl (C=O) groups excluding carboxylic acids is 1. The summed E-state index contributed by atoms with van der Waals surface area (Å²) >= 11 is 1.42. The van der Waals surface area contributed by atoms with Gasteiger partial charge in [-0.15, -0.1) is 0 Å². The SMILES string of the molecule is CCN(CC)C(=O)CSc1nc(CO)cn1Cc1ccc(C)cc1. The first-order valence-electron chi connectivity index (χ1n) is 8.20. The molecule has 1 N–H and O–H groups in total. The van der Waals surface area contributed by atoms with Crippen LogP contribution in [0.5, 0.6) is 0 Å². The smallest absolute Gasteiger partial charge is 0.233 e. The summed E-state index contributed by atoms with van der Waals surface area (Å²) in [6.07, 6.45) is 1.85. The van der Waals surface area contributed by atoms with Crippen LogP contribution in [0.3, 0.4) is 0 Å². The van der Waals surface area contributed by atoms with Crippen LogP contribution in [0.15, 0.2) is 35.6 Å². The Hall–Kier alpha value is -1.79. The predicted octanol–water partition coefficient (Wildman–Crippen LogP) is 2.69. The Bertz CT molecular complexity index is 663. The second kappa shape index (κ2) is 8.89. The van der Waals surface area contributed by atoms with Crippen molar-refractivity contribution in [3.63, 3.8) is 0 Å². The number of aryl methyl sites for hydroxylation is 1. The van der Waals surface area contributed by atoms with Gasteiger partial charge in [0, 0.05) is 25.8 Å². The first-order chi connectivity index (χ1) is 11.6. The van der Waals surface area contributed by atoms with Crippen LogP contribution in [-0.2, 0) is 17.9 Å². The van der Waals surface area contributed by atoms with E-state index in [2.05, 4.69) is 36.2 Å². The molecule has 0 aliphatic rings. The molecule has 0 spiro atoms. The molecule has 0 radical (unpaired) electrons. The van der Waals surface area contributed by atoms with Crippen molar-refractivity contribution in [3.8, 4) is 0 Å². The minimum absolute atomic E-state index is 0.0988. The molecular formula is C18H25N3O2S. The Morgan fingerprint density at radius 1 is 1.25 bits per heavy atom. The normalized spacial score (nSPS) is 10.8. The Kier molecular flexibility index (Phi) is 6.87. The highest BCUT2D eigenvalue weighted by Crippen LogP contribution is 2.20. The topological polar surface area (TPSA) is 58.4 Å². The molecule has 0 fully saturated rings. The van der Waals surface area contributed by atoms with Crippen LogP contribution in [0.4, 0.5) is 0 Å². The first-order valence-corrected chi connectivity index (χ1v) is 9.18. The van der Waals surface area contributed by atoms with Gasteiger partial charge in [0.2, 0.25) is 5.91 Å². The largest absolute Gasteiger partial charge is 0.390 e. The lowest BCUT2D eigenvalue weighted by atomic mass is 10.1. The standard InChI is InChI=1S/C18H25N3O2S/c1-4-20(5-2)17(23)13-24-18-19-16(12-22)11-21(18)10-15-8-6-14(3)7-9-15/h6-9,11,22H,4-5,10,12-13H2,1-3H3. The van der Waals surface area contributed by atoms with Crippen LogP contribution in [0.1, 0.15) is 30.7 Å². The molecule has 2 aromatic rings. The maximum Gasteiger partial charge on any atom is 0.233 e. The van der Waals surface area contributed by atoms with Crippen molar-refractivity contribution in [3.05, 3.63) is 47.3 Å².